The number of rotatable bonds is 14. The van der Waals surface area contributed by atoms with Crippen LogP contribution in [0.2, 0.25) is 0 Å². The summed E-state index contributed by atoms with van der Waals surface area (Å²) < 4.78 is 51.8. The maximum Gasteiger partial charge on any atom is 0.295 e. The Hall–Kier alpha value is -5.02. The number of ether oxygens (including phenoxy) is 2. The molecular formula is C36H46N14O8S2. The van der Waals surface area contributed by atoms with Crippen molar-refractivity contribution in [3.05, 3.63) is 47.5 Å². The number of benzene rings is 2. The molecular weight excluding hydrogens is 821 g/mol. The molecule has 24 heteroatoms. The number of piperazine rings is 2. The zero-order valence-electron chi connectivity index (χ0n) is 32.6. The summed E-state index contributed by atoms with van der Waals surface area (Å²) in [5, 5.41) is 26.0. The molecule has 0 unspecified atom stereocenters. The first-order chi connectivity index (χ1) is 29.3. The maximum atomic E-state index is 12.8. The maximum absolute atomic E-state index is 12.8. The van der Waals surface area contributed by atoms with Crippen LogP contribution in [0, 0.1) is 0 Å². The lowest BCUT2D eigenvalue weighted by Gasteiger charge is -2.30. The molecule has 320 valence electrons. The molecule has 22 nitrogen and oxygen atoms in total. The highest BCUT2D eigenvalue weighted by Gasteiger charge is 2.23. The number of morpholine rings is 2. The summed E-state index contributed by atoms with van der Waals surface area (Å²) in [6.45, 7) is 10.9. The molecule has 8 rings (SSSR count). The van der Waals surface area contributed by atoms with Crippen LogP contribution in [0.5, 0.6) is 0 Å². The van der Waals surface area contributed by atoms with Gasteiger partial charge in [-0.3, -0.25) is 4.55 Å². The van der Waals surface area contributed by atoms with Gasteiger partial charge in [0.1, 0.15) is 4.90 Å². The summed E-state index contributed by atoms with van der Waals surface area (Å²) in [5.41, 5.74) is 1.69. The average molecular weight is 867 g/mol. The van der Waals surface area contributed by atoms with Crippen LogP contribution in [0.4, 0.5) is 47.1 Å². The third kappa shape index (κ3) is 10.6. The molecule has 6 heterocycles. The van der Waals surface area contributed by atoms with Gasteiger partial charge in [-0.25, -0.2) is 5.26 Å². The molecule has 0 spiro atoms. The lowest BCUT2D eigenvalue weighted by Crippen LogP contribution is -2.44. The number of aromatic nitrogens is 6. The van der Waals surface area contributed by atoms with Crippen LogP contribution in [0.15, 0.2) is 46.2 Å². The Labute approximate surface area is 350 Å². The fourth-order valence-electron chi connectivity index (χ4n) is 6.93. The van der Waals surface area contributed by atoms with E-state index in [1.165, 1.54) is 6.07 Å². The van der Waals surface area contributed by atoms with Gasteiger partial charge in [0, 0.05) is 94.8 Å². The fourth-order valence-corrected chi connectivity index (χ4v) is 8.15. The molecule has 2 aromatic heterocycles. The fraction of sp³-hybridized carbons (Fsp3) is 0.444. The summed E-state index contributed by atoms with van der Waals surface area (Å²) in [7, 11) is -4.70. The first-order valence-electron chi connectivity index (χ1n) is 19.5. The topological polar surface area (TPSA) is 250 Å². The zero-order chi connectivity index (χ0) is 41.3. The van der Waals surface area contributed by atoms with Crippen LogP contribution >= 0.6 is 12.0 Å². The van der Waals surface area contributed by atoms with E-state index < -0.39 is 10.1 Å². The van der Waals surface area contributed by atoms with Gasteiger partial charge in [-0.2, -0.15) is 38.3 Å². The lowest BCUT2D eigenvalue weighted by atomic mass is 10.1. The predicted molar refractivity (Wildman–Crippen MR) is 225 cm³/mol. The normalized spacial score (nSPS) is 18.0. The predicted octanol–water partition coefficient (Wildman–Crippen LogP) is 1.88. The van der Waals surface area contributed by atoms with Crippen molar-refractivity contribution >= 4 is 81.4 Å². The quantitative estimate of drug-likeness (QED) is 0.0348. The van der Waals surface area contributed by atoms with E-state index >= 15 is 0 Å². The largest absolute Gasteiger partial charge is 0.378 e. The second kappa shape index (κ2) is 19.6. The molecule has 0 radical (unpaired) electrons. The minimum atomic E-state index is -4.70. The number of nitrogens with one attached hydrogen (secondary N) is 4. The smallest absolute Gasteiger partial charge is 0.295 e. The average Bonchev–Trinajstić information content (AvgIpc) is 3.29. The molecule has 6 N–H and O–H groups in total. The summed E-state index contributed by atoms with van der Waals surface area (Å²) in [6, 6.07) is 9.82. The Bertz CT molecular complexity index is 2160. The summed E-state index contributed by atoms with van der Waals surface area (Å²) in [5.74, 6) is 2.64. The van der Waals surface area contributed by atoms with Gasteiger partial charge in [-0.15, -0.1) is 4.33 Å². The number of hydrogen-bond donors (Lipinski definition) is 6. The Morgan fingerprint density at radius 3 is 1.53 bits per heavy atom. The van der Waals surface area contributed by atoms with E-state index in [2.05, 4.69) is 51.0 Å². The summed E-state index contributed by atoms with van der Waals surface area (Å²) >= 11 is 0.727. The lowest BCUT2D eigenvalue weighted by molar-refractivity contribution is -0.432. The van der Waals surface area contributed by atoms with Crippen molar-refractivity contribution in [2.24, 2.45) is 0 Å². The van der Waals surface area contributed by atoms with Crippen molar-refractivity contribution in [2.75, 3.05) is 135 Å². The molecule has 2 aromatic carbocycles. The molecule has 4 aliphatic rings. The molecule has 4 fully saturated rings. The highest BCUT2D eigenvalue weighted by molar-refractivity contribution is 7.94. The van der Waals surface area contributed by atoms with Gasteiger partial charge in [0.05, 0.1) is 38.5 Å². The second-order valence-electron chi connectivity index (χ2n) is 14.0. The van der Waals surface area contributed by atoms with Crippen LogP contribution in [0.1, 0.15) is 11.1 Å². The van der Waals surface area contributed by atoms with E-state index in [1.807, 2.05) is 4.90 Å². The van der Waals surface area contributed by atoms with Gasteiger partial charge in [0.2, 0.25) is 35.7 Å². The molecule has 0 amide bonds. The van der Waals surface area contributed by atoms with E-state index in [1.54, 1.807) is 42.5 Å². The number of nitrogens with zero attached hydrogens (tertiary/aromatic N) is 10. The molecule has 0 bridgehead atoms. The molecule has 60 heavy (non-hydrogen) atoms. The highest BCUT2D eigenvalue weighted by atomic mass is 32.2. The van der Waals surface area contributed by atoms with Gasteiger partial charge in [-0.05, 0) is 35.4 Å². The van der Waals surface area contributed by atoms with Crippen molar-refractivity contribution in [1.82, 2.24) is 40.5 Å². The van der Waals surface area contributed by atoms with E-state index in [0.717, 1.165) is 51.3 Å². The Morgan fingerprint density at radius 1 is 0.633 bits per heavy atom. The highest BCUT2D eigenvalue weighted by Crippen LogP contribution is 2.32. The van der Waals surface area contributed by atoms with Gasteiger partial charge >= 0.3 is 0 Å². The molecule has 0 saturated carbocycles. The molecule has 0 aliphatic carbocycles. The van der Waals surface area contributed by atoms with Crippen molar-refractivity contribution in [2.45, 2.75) is 9.79 Å². The van der Waals surface area contributed by atoms with Crippen molar-refractivity contribution in [1.29, 1.82) is 0 Å². The van der Waals surface area contributed by atoms with Crippen LogP contribution in [0.25, 0.3) is 12.2 Å². The first-order valence-corrected chi connectivity index (χ1v) is 21.7. The van der Waals surface area contributed by atoms with Gasteiger partial charge in [-0.1, -0.05) is 29.3 Å². The molecule has 4 aliphatic heterocycles. The first kappa shape index (κ1) is 41.7. The minimum Gasteiger partial charge on any atom is -0.378 e. The minimum absolute atomic E-state index is 0.202. The second-order valence-corrected chi connectivity index (χ2v) is 16.1. The van der Waals surface area contributed by atoms with Crippen molar-refractivity contribution < 1.29 is 37.1 Å². The number of anilines is 8. The van der Waals surface area contributed by atoms with Crippen molar-refractivity contribution in [3.63, 3.8) is 0 Å². The van der Waals surface area contributed by atoms with Crippen LogP contribution in [0.3, 0.4) is 0 Å². The van der Waals surface area contributed by atoms with Crippen LogP contribution < -0.4 is 40.9 Å². The van der Waals surface area contributed by atoms with E-state index in [0.29, 0.717) is 117 Å². The Kier molecular flexibility index (Phi) is 13.6. The van der Waals surface area contributed by atoms with Crippen molar-refractivity contribution in [3.8, 4) is 0 Å². The Morgan fingerprint density at radius 2 is 1.07 bits per heavy atom. The van der Waals surface area contributed by atoms with Crippen LogP contribution in [-0.4, -0.2) is 153 Å². The van der Waals surface area contributed by atoms with Gasteiger partial charge in [0.25, 0.3) is 10.1 Å². The third-order valence-corrected chi connectivity index (χ3v) is 11.6. The molecule has 0 atom stereocenters. The molecule has 4 aromatic rings. The third-order valence-electron chi connectivity index (χ3n) is 10.0. The van der Waals surface area contributed by atoms with Gasteiger partial charge < -0.3 is 50.3 Å². The van der Waals surface area contributed by atoms with Crippen LogP contribution in [-0.2, 0) is 29.0 Å². The number of hydrogen-bond acceptors (Lipinski definition) is 22. The monoisotopic (exact) mass is 866 g/mol. The van der Waals surface area contributed by atoms with E-state index in [-0.39, 0.29) is 16.4 Å². The summed E-state index contributed by atoms with van der Waals surface area (Å²) in [6.07, 6.45) is 3.19. The SMILES string of the molecule is O=S(=O)(O)c1cc(Nc2nc(N3CCNCC3)nc(N3CCOCC3)n2)ccc1/C=C/c1ccc(Nc2nc(N3CCNCC3)nc(N3CCOCC3)n2)cc1SOOO. The van der Waals surface area contributed by atoms with Gasteiger partial charge in [0.15, 0.2) is 0 Å². The zero-order valence-corrected chi connectivity index (χ0v) is 34.2. The standard InChI is InChI=1S/C36H46N14O8S2/c51-57-58-59-29-23-27(39-31-41-33(47-11-7-37-8-12-47)45-35(43-31)49-15-19-55-20-16-49)5-3-25(29)1-2-26-4-6-28(24-30(26)60(52,53)54)40-32-42-34(48-13-9-38-10-14-48)46-36(44-32)50-17-21-56-22-18-50/h1-6,23-24,37-38,51H,7-22H2,(H,52,53,54)(H,39,41,43,45)(H,40,42,44,46)/b2-1+. The van der Waals surface area contributed by atoms with E-state index in [9.17, 15) is 13.0 Å². The molecule has 4 saturated heterocycles. The van der Waals surface area contributed by atoms with E-state index in [4.69, 9.17) is 39.0 Å². The Balaban J connectivity index is 1.05. The summed E-state index contributed by atoms with van der Waals surface area (Å²) in [4.78, 5) is 36.7.